The summed E-state index contributed by atoms with van der Waals surface area (Å²) in [5, 5.41) is 16.2. The Morgan fingerprint density at radius 1 is 1.16 bits per heavy atom. The van der Waals surface area contributed by atoms with Crippen molar-refractivity contribution in [3.05, 3.63) is 72.2 Å². The summed E-state index contributed by atoms with van der Waals surface area (Å²) in [4.78, 5) is 18.6. The minimum Gasteiger partial charge on any atom is -0.396 e. The molecular formula is C19H20N4O2. The van der Waals surface area contributed by atoms with E-state index >= 15 is 0 Å². The van der Waals surface area contributed by atoms with Gasteiger partial charge in [0.15, 0.2) is 0 Å². The number of benzene rings is 1. The number of carbonyl (C=O) groups excluding carboxylic acids is 1. The van der Waals surface area contributed by atoms with Crippen molar-refractivity contribution in [1.29, 1.82) is 0 Å². The molecule has 0 aliphatic rings. The van der Waals surface area contributed by atoms with Crippen LogP contribution in [0.5, 0.6) is 0 Å². The molecule has 6 heteroatoms. The van der Waals surface area contributed by atoms with E-state index in [1.807, 2.05) is 42.5 Å². The minimum atomic E-state index is -0.146. The topological polar surface area (TPSA) is 82.1 Å². The highest BCUT2D eigenvalue weighted by molar-refractivity contribution is 5.93. The number of carbonyl (C=O) groups is 1. The zero-order chi connectivity index (χ0) is 17.5. The molecule has 0 spiro atoms. The number of pyridine rings is 1. The van der Waals surface area contributed by atoms with Gasteiger partial charge in [0.2, 0.25) is 0 Å². The average molecular weight is 336 g/mol. The summed E-state index contributed by atoms with van der Waals surface area (Å²) in [7, 11) is 0. The number of hydrogen-bond acceptors (Lipinski definition) is 4. The van der Waals surface area contributed by atoms with Crippen molar-refractivity contribution in [2.45, 2.75) is 13.0 Å². The van der Waals surface area contributed by atoms with Crippen LogP contribution in [0, 0.1) is 0 Å². The summed E-state index contributed by atoms with van der Waals surface area (Å²) in [5.74, 6) is -0.146. The van der Waals surface area contributed by atoms with E-state index in [1.54, 1.807) is 23.4 Å². The van der Waals surface area contributed by atoms with Gasteiger partial charge in [-0.1, -0.05) is 36.4 Å². The number of rotatable bonds is 7. The first-order chi connectivity index (χ1) is 12.3. The monoisotopic (exact) mass is 336 g/mol. The van der Waals surface area contributed by atoms with Gasteiger partial charge in [0.1, 0.15) is 5.69 Å². The Morgan fingerprint density at radius 2 is 2.00 bits per heavy atom. The van der Waals surface area contributed by atoms with Gasteiger partial charge in [-0.3, -0.25) is 14.9 Å². The highest BCUT2D eigenvalue weighted by Gasteiger charge is 2.18. The highest BCUT2D eigenvalue weighted by Crippen LogP contribution is 2.18. The van der Waals surface area contributed by atoms with Crippen LogP contribution in [-0.4, -0.2) is 44.2 Å². The molecule has 0 saturated carbocycles. The molecule has 0 atom stereocenters. The van der Waals surface area contributed by atoms with Gasteiger partial charge in [-0.15, -0.1) is 0 Å². The Morgan fingerprint density at radius 3 is 2.72 bits per heavy atom. The van der Waals surface area contributed by atoms with E-state index in [0.717, 1.165) is 16.8 Å². The van der Waals surface area contributed by atoms with Gasteiger partial charge in [0.05, 0.1) is 5.69 Å². The van der Waals surface area contributed by atoms with Crippen LogP contribution in [0.4, 0.5) is 0 Å². The normalized spacial score (nSPS) is 10.6. The number of aliphatic hydroxyl groups is 1. The Kier molecular flexibility index (Phi) is 5.53. The van der Waals surface area contributed by atoms with Crippen LogP contribution in [0.2, 0.25) is 0 Å². The molecule has 0 unspecified atom stereocenters. The molecule has 2 aromatic heterocycles. The first kappa shape index (κ1) is 16.9. The van der Waals surface area contributed by atoms with Gasteiger partial charge in [0.25, 0.3) is 5.91 Å². The third kappa shape index (κ3) is 4.30. The van der Waals surface area contributed by atoms with Gasteiger partial charge in [-0.25, -0.2) is 0 Å². The molecule has 25 heavy (non-hydrogen) atoms. The number of aromatic amines is 1. The first-order valence-corrected chi connectivity index (χ1v) is 8.18. The molecular weight excluding hydrogens is 316 g/mol. The average Bonchev–Trinajstić information content (AvgIpc) is 3.16. The van der Waals surface area contributed by atoms with Crippen LogP contribution in [0.25, 0.3) is 11.3 Å². The summed E-state index contributed by atoms with van der Waals surface area (Å²) in [5.41, 5.74) is 3.05. The second kappa shape index (κ2) is 8.21. The Hall–Kier alpha value is -2.99. The number of nitrogens with one attached hydrogen (secondary N) is 1. The molecule has 0 fully saturated rings. The Bertz CT molecular complexity index is 803. The number of nitrogens with zero attached hydrogens (tertiary/aromatic N) is 3. The molecule has 1 amide bonds. The second-order valence-electron chi connectivity index (χ2n) is 5.70. The minimum absolute atomic E-state index is 0.0368. The number of amides is 1. The maximum atomic E-state index is 12.9. The molecule has 0 radical (unpaired) electrons. The van der Waals surface area contributed by atoms with Gasteiger partial charge in [-0.2, -0.15) is 5.10 Å². The molecule has 0 bridgehead atoms. The van der Waals surface area contributed by atoms with Crippen molar-refractivity contribution in [3.63, 3.8) is 0 Å². The van der Waals surface area contributed by atoms with Gasteiger partial charge >= 0.3 is 0 Å². The molecule has 6 nitrogen and oxygen atoms in total. The molecule has 0 aliphatic heterocycles. The zero-order valence-corrected chi connectivity index (χ0v) is 13.8. The molecule has 3 aromatic rings. The predicted octanol–water partition coefficient (Wildman–Crippen LogP) is 2.50. The third-order valence-corrected chi connectivity index (χ3v) is 3.85. The lowest BCUT2D eigenvalue weighted by molar-refractivity contribution is 0.0726. The quantitative estimate of drug-likeness (QED) is 0.694. The standard InChI is InChI=1S/C19H20N4O2/c24-11-5-10-23(14-15-6-4-9-20-13-15)19(25)18-12-17(21-22-18)16-7-2-1-3-8-16/h1-4,6-9,12-13,24H,5,10-11,14H2,(H,21,22). The maximum Gasteiger partial charge on any atom is 0.272 e. The van der Waals surface area contributed by atoms with Crippen LogP contribution >= 0.6 is 0 Å². The molecule has 128 valence electrons. The van der Waals surface area contributed by atoms with Crippen molar-refractivity contribution in [1.82, 2.24) is 20.1 Å². The molecule has 0 saturated heterocycles. The van der Waals surface area contributed by atoms with E-state index in [2.05, 4.69) is 15.2 Å². The van der Waals surface area contributed by atoms with E-state index in [1.165, 1.54) is 0 Å². The largest absolute Gasteiger partial charge is 0.396 e. The fraction of sp³-hybridized carbons (Fsp3) is 0.211. The van der Waals surface area contributed by atoms with E-state index in [0.29, 0.717) is 25.2 Å². The van der Waals surface area contributed by atoms with E-state index in [4.69, 9.17) is 5.11 Å². The zero-order valence-electron chi connectivity index (χ0n) is 13.8. The molecule has 2 heterocycles. The van der Waals surface area contributed by atoms with Crippen molar-refractivity contribution in [2.24, 2.45) is 0 Å². The van der Waals surface area contributed by atoms with Gasteiger partial charge in [0, 0.05) is 37.7 Å². The lowest BCUT2D eigenvalue weighted by Gasteiger charge is -2.21. The van der Waals surface area contributed by atoms with Gasteiger partial charge in [-0.05, 0) is 24.1 Å². The van der Waals surface area contributed by atoms with E-state index in [9.17, 15) is 4.79 Å². The number of hydrogen-bond donors (Lipinski definition) is 2. The predicted molar refractivity (Wildman–Crippen MR) is 94.7 cm³/mol. The van der Waals surface area contributed by atoms with Crippen molar-refractivity contribution in [2.75, 3.05) is 13.2 Å². The Balaban J connectivity index is 1.78. The molecule has 1 aromatic carbocycles. The number of aliphatic hydroxyl groups excluding tert-OH is 1. The van der Waals surface area contributed by atoms with Crippen molar-refractivity contribution < 1.29 is 9.90 Å². The number of aromatic nitrogens is 3. The smallest absolute Gasteiger partial charge is 0.272 e. The molecule has 2 N–H and O–H groups in total. The van der Waals surface area contributed by atoms with E-state index < -0.39 is 0 Å². The van der Waals surface area contributed by atoms with Crippen LogP contribution in [-0.2, 0) is 6.54 Å². The summed E-state index contributed by atoms with van der Waals surface area (Å²) in [6, 6.07) is 15.2. The fourth-order valence-corrected chi connectivity index (χ4v) is 2.58. The maximum absolute atomic E-state index is 12.9. The molecule has 0 aliphatic carbocycles. The fourth-order valence-electron chi connectivity index (χ4n) is 2.58. The van der Waals surface area contributed by atoms with Gasteiger partial charge < -0.3 is 10.0 Å². The first-order valence-electron chi connectivity index (χ1n) is 8.18. The summed E-state index contributed by atoms with van der Waals surface area (Å²) in [6.07, 6.45) is 3.96. The lowest BCUT2D eigenvalue weighted by atomic mass is 10.1. The van der Waals surface area contributed by atoms with Crippen LogP contribution in [0.1, 0.15) is 22.5 Å². The third-order valence-electron chi connectivity index (χ3n) is 3.85. The van der Waals surface area contributed by atoms with Crippen LogP contribution < -0.4 is 0 Å². The highest BCUT2D eigenvalue weighted by atomic mass is 16.3. The summed E-state index contributed by atoms with van der Waals surface area (Å²) < 4.78 is 0. The Labute approximate surface area is 146 Å². The molecule has 3 rings (SSSR count). The van der Waals surface area contributed by atoms with Crippen molar-refractivity contribution >= 4 is 5.91 Å². The number of H-pyrrole nitrogens is 1. The van der Waals surface area contributed by atoms with Crippen LogP contribution in [0.3, 0.4) is 0 Å². The van der Waals surface area contributed by atoms with Crippen LogP contribution in [0.15, 0.2) is 60.9 Å². The lowest BCUT2D eigenvalue weighted by Crippen LogP contribution is -2.32. The second-order valence-corrected chi connectivity index (χ2v) is 5.70. The SMILES string of the molecule is O=C(c1cc(-c2ccccc2)n[nH]1)N(CCCO)Cc1cccnc1. The van der Waals surface area contributed by atoms with Crippen molar-refractivity contribution in [3.8, 4) is 11.3 Å². The van der Waals surface area contributed by atoms with E-state index in [-0.39, 0.29) is 12.5 Å². The summed E-state index contributed by atoms with van der Waals surface area (Å²) in [6.45, 7) is 0.936. The summed E-state index contributed by atoms with van der Waals surface area (Å²) >= 11 is 0.